The fourth-order valence-corrected chi connectivity index (χ4v) is 1.10. The molecule has 1 aromatic rings. The van der Waals surface area contributed by atoms with Gasteiger partial charge in [0.2, 0.25) is 5.91 Å². The summed E-state index contributed by atoms with van der Waals surface area (Å²) in [5, 5.41) is 0. The molecule has 72 valence electrons. The Morgan fingerprint density at radius 1 is 1.77 bits per heavy atom. The van der Waals surface area contributed by atoms with Crippen LogP contribution in [0.2, 0.25) is 0 Å². The van der Waals surface area contributed by atoms with Crippen molar-refractivity contribution in [2.24, 2.45) is 5.73 Å². The van der Waals surface area contributed by atoms with Gasteiger partial charge < -0.3 is 10.7 Å². The zero-order valence-corrected chi connectivity index (χ0v) is 8.00. The molecule has 1 aromatic heterocycles. The zero-order valence-electron chi connectivity index (χ0n) is 8.00. The first kappa shape index (κ1) is 9.77. The Morgan fingerprint density at radius 3 is 3.00 bits per heavy atom. The number of imidazole rings is 1. The Hall–Kier alpha value is -1.32. The van der Waals surface area contributed by atoms with Gasteiger partial charge in [0.1, 0.15) is 5.82 Å². The van der Waals surface area contributed by atoms with Gasteiger partial charge in [-0.15, -0.1) is 0 Å². The smallest absolute Gasteiger partial charge is 0.223 e. The first-order chi connectivity index (χ1) is 6.13. The molecule has 1 heterocycles. The predicted octanol–water partition coefficient (Wildman–Crippen LogP) is 0.951. The number of H-pyrrole nitrogens is 1. The van der Waals surface area contributed by atoms with Gasteiger partial charge in [0.25, 0.3) is 0 Å². The molecule has 1 amide bonds. The maximum atomic E-state index is 10.6. The number of nitrogens with one attached hydrogen (secondary N) is 1. The number of rotatable bonds is 4. The molecule has 0 spiro atoms. The highest BCUT2D eigenvalue weighted by molar-refractivity contribution is 5.75. The SMILES string of the molecule is CCC(C)c1ncc(CC(N)=O)[nH]1. The summed E-state index contributed by atoms with van der Waals surface area (Å²) in [4.78, 5) is 17.9. The highest BCUT2D eigenvalue weighted by Gasteiger charge is 2.08. The van der Waals surface area contributed by atoms with Gasteiger partial charge in [-0.3, -0.25) is 4.79 Å². The van der Waals surface area contributed by atoms with Crippen LogP contribution in [0.15, 0.2) is 6.20 Å². The van der Waals surface area contributed by atoms with Crippen LogP contribution in [0, 0.1) is 0 Å². The van der Waals surface area contributed by atoms with Crippen LogP contribution >= 0.6 is 0 Å². The van der Waals surface area contributed by atoms with Crippen molar-refractivity contribution in [2.75, 3.05) is 0 Å². The van der Waals surface area contributed by atoms with E-state index >= 15 is 0 Å². The monoisotopic (exact) mass is 181 g/mol. The number of nitrogens with zero attached hydrogens (tertiary/aromatic N) is 1. The molecule has 0 aliphatic heterocycles. The van der Waals surface area contributed by atoms with E-state index in [0.717, 1.165) is 17.9 Å². The number of aromatic nitrogens is 2. The minimum absolute atomic E-state index is 0.240. The van der Waals surface area contributed by atoms with Crippen LogP contribution in [0.4, 0.5) is 0 Å². The van der Waals surface area contributed by atoms with E-state index in [2.05, 4.69) is 23.8 Å². The summed E-state index contributed by atoms with van der Waals surface area (Å²) in [6.45, 7) is 4.19. The number of carbonyl (C=O) groups is 1. The maximum absolute atomic E-state index is 10.6. The van der Waals surface area contributed by atoms with Crippen LogP contribution < -0.4 is 5.73 Å². The van der Waals surface area contributed by atoms with E-state index in [1.165, 1.54) is 0 Å². The average Bonchev–Trinajstić information content (AvgIpc) is 2.50. The summed E-state index contributed by atoms with van der Waals surface area (Å²) in [6.07, 6.45) is 2.94. The van der Waals surface area contributed by atoms with E-state index in [-0.39, 0.29) is 12.3 Å². The van der Waals surface area contributed by atoms with Crippen molar-refractivity contribution in [3.63, 3.8) is 0 Å². The highest BCUT2D eigenvalue weighted by atomic mass is 16.1. The number of primary amides is 1. The third-order valence-electron chi connectivity index (χ3n) is 2.09. The Bertz CT molecular complexity index is 293. The molecule has 0 aromatic carbocycles. The molecule has 1 atom stereocenters. The summed E-state index contributed by atoms with van der Waals surface area (Å²) < 4.78 is 0. The van der Waals surface area contributed by atoms with E-state index in [9.17, 15) is 4.79 Å². The number of carbonyl (C=O) groups excluding carboxylic acids is 1. The maximum Gasteiger partial charge on any atom is 0.223 e. The summed E-state index contributed by atoms with van der Waals surface area (Å²) in [5.41, 5.74) is 5.85. The predicted molar refractivity (Wildman–Crippen MR) is 50.2 cm³/mol. The molecular formula is C9H15N3O. The van der Waals surface area contributed by atoms with E-state index in [1.54, 1.807) is 6.20 Å². The van der Waals surface area contributed by atoms with Crippen LogP contribution in [0.3, 0.4) is 0 Å². The first-order valence-corrected chi connectivity index (χ1v) is 4.45. The van der Waals surface area contributed by atoms with Crippen molar-refractivity contribution >= 4 is 5.91 Å². The van der Waals surface area contributed by atoms with Gasteiger partial charge in [-0.2, -0.15) is 0 Å². The average molecular weight is 181 g/mol. The lowest BCUT2D eigenvalue weighted by Gasteiger charge is -2.02. The first-order valence-electron chi connectivity index (χ1n) is 4.45. The van der Waals surface area contributed by atoms with Crippen LogP contribution in [0.1, 0.15) is 37.7 Å². The van der Waals surface area contributed by atoms with Gasteiger partial charge in [-0.1, -0.05) is 13.8 Å². The summed E-state index contributed by atoms with van der Waals surface area (Å²) >= 11 is 0. The van der Waals surface area contributed by atoms with Crippen molar-refractivity contribution in [1.29, 1.82) is 0 Å². The fraction of sp³-hybridized carbons (Fsp3) is 0.556. The number of nitrogens with two attached hydrogens (primary N) is 1. The fourth-order valence-electron chi connectivity index (χ4n) is 1.10. The Kier molecular flexibility index (Phi) is 3.06. The number of hydrogen-bond donors (Lipinski definition) is 2. The largest absolute Gasteiger partial charge is 0.369 e. The molecule has 0 aliphatic rings. The normalized spacial score (nSPS) is 12.8. The molecule has 0 bridgehead atoms. The quantitative estimate of drug-likeness (QED) is 0.726. The van der Waals surface area contributed by atoms with Crippen LogP contribution in [-0.2, 0) is 11.2 Å². The van der Waals surface area contributed by atoms with Crippen molar-refractivity contribution in [3.8, 4) is 0 Å². The molecule has 0 radical (unpaired) electrons. The molecule has 0 aliphatic carbocycles. The number of hydrogen-bond acceptors (Lipinski definition) is 2. The van der Waals surface area contributed by atoms with Gasteiger partial charge in [0, 0.05) is 17.8 Å². The summed E-state index contributed by atoms with van der Waals surface area (Å²) in [5.74, 6) is 1.000. The summed E-state index contributed by atoms with van der Waals surface area (Å²) in [7, 11) is 0. The van der Waals surface area contributed by atoms with Crippen LogP contribution in [-0.4, -0.2) is 15.9 Å². The van der Waals surface area contributed by atoms with Crippen molar-refractivity contribution in [1.82, 2.24) is 9.97 Å². The van der Waals surface area contributed by atoms with Crippen molar-refractivity contribution in [3.05, 3.63) is 17.7 Å². The molecule has 1 unspecified atom stereocenters. The molecule has 4 nitrogen and oxygen atoms in total. The van der Waals surface area contributed by atoms with Crippen LogP contribution in [0.5, 0.6) is 0 Å². The lowest BCUT2D eigenvalue weighted by Crippen LogP contribution is -2.13. The van der Waals surface area contributed by atoms with Gasteiger partial charge in [0.15, 0.2) is 0 Å². The third-order valence-corrected chi connectivity index (χ3v) is 2.09. The zero-order chi connectivity index (χ0) is 9.84. The summed E-state index contributed by atoms with van der Waals surface area (Å²) in [6, 6.07) is 0. The van der Waals surface area contributed by atoms with Gasteiger partial charge >= 0.3 is 0 Å². The number of aromatic amines is 1. The lowest BCUT2D eigenvalue weighted by molar-refractivity contribution is -0.117. The third kappa shape index (κ3) is 2.57. The second-order valence-corrected chi connectivity index (χ2v) is 3.25. The van der Waals surface area contributed by atoms with E-state index in [4.69, 9.17) is 5.73 Å². The van der Waals surface area contributed by atoms with Gasteiger partial charge in [0.05, 0.1) is 6.42 Å². The van der Waals surface area contributed by atoms with Crippen LogP contribution in [0.25, 0.3) is 0 Å². The molecule has 0 saturated carbocycles. The molecule has 4 heteroatoms. The van der Waals surface area contributed by atoms with E-state index in [1.807, 2.05) is 0 Å². The molecule has 0 fully saturated rings. The Morgan fingerprint density at radius 2 is 2.46 bits per heavy atom. The van der Waals surface area contributed by atoms with Gasteiger partial charge in [-0.25, -0.2) is 4.98 Å². The van der Waals surface area contributed by atoms with Gasteiger partial charge in [-0.05, 0) is 6.42 Å². The van der Waals surface area contributed by atoms with Crippen molar-refractivity contribution in [2.45, 2.75) is 32.6 Å². The number of amides is 1. The molecule has 0 saturated heterocycles. The second kappa shape index (κ2) is 4.07. The molecule has 13 heavy (non-hydrogen) atoms. The second-order valence-electron chi connectivity index (χ2n) is 3.25. The Balaban J connectivity index is 2.68. The molecule has 3 N–H and O–H groups in total. The van der Waals surface area contributed by atoms with E-state index < -0.39 is 0 Å². The molecule has 1 rings (SSSR count). The lowest BCUT2D eigenvalue weighted by atomic mass is 10.1. The van der Waals surface area contributed by atoms with E-state index in [0.29, 0.717) is 5.92 Å². The minimum atomic E-state index is -0.334. The minimum Gasteiger partial charge on any atom is -0.369 e. The topological polar surface area (TPSA) is 71.8 Å². The van der Waals surface area contributed by atoms with Crippen molar-refractivity contribution < 1.29 is 4.79 Å². The highest BCUT2D eigenvalue weighted by Crippen LogP contribution is 2.14. The standard InChI is InChI=1S/C9H15N3O/c1-3-6(2)9-11-5-7(12-9)4-8(10)13/h5-6H,3-4H2,1-2H3,(H2,10,13)(H,11,12). The molecular weight excluding hydrogens is 166 g/mol. The Labute approximate surface area is 77.6 Å².